The Bertz CT molecular complexity index is 1260. The molecule has 5 nitrogen and oxygen atoms in total. The Morgan fingerprint density at radius 3 is 2.56 bits per heavy atom. The van der Waals surface area contributed by atoms with Crippen LogP contribution in [0.3, 0.4) is 0 Å². The van der Waals surface area contributed by atoms with Crippen LogP contribution in [0, 0.1) is 12.8 Å². The number of nitrogens with zero attached hydrogens (tertiary/aromatic N) is 3. The van der Waals surface area contributed by atoms with E-state index in [-0.39, 0.29) is 11.8 Å². The minimum absolute atomic E-state index is 0.0596. The van der Waals surface area contributed by atoms with Crippen molar-refractivity contribution < 1.29 is 4.79 Å². The monoisotopic (exact) mass is 424 g/mol. The minimum atomic E-state index is 0.0596. The van der Waals surface area contributed by atoms with Crippen LogP contribution < -0.4 is 10.2 Å². The van der Waals surface area contributed by atoms with Gasteiger partial charge in [-0.15, -0.1) is 0 Å². The topological polar surface area (TPSA) is 58.1 Å². The van der Waals surface area contributed by atoms with E-state index in [0.717, 1.165) is 54.9 Å². The van der Waals surface area contributed by atoms with Crippen LogP contribution in [0.15, 0.2) is 66.7 Å². The standard InChI is InChI=1S/C27H28N4O/c1-19-24-8-4-5-9-25(24)30-27(29-19)31-16-13-22(14-17-31)26(32)28-15-12-20-10-11-21-6-2-3-7-23(21)18-20/h2-11,18,22H,12-17H2,1H3,(H,28,32). The van der Waals surface area contributed by atoms with E-state index in [0.29, 0.717) is 6.54 Å². The fourth-order valence-electron chi connectivity index (χ4n) is 4.57. The van der Waals surface area contributed by atoms with Gasteiger partial charge in [0.05, 0.1) is 11.2 Å². The first-order valence-corrected chi connectivity index (χ1v) is 11.4. The summed E-state index contributed by atoms with van der Waals surface area (Å²) in [6.45, 7) is 4.31. The van der Waals surface area contributed by atoms with E-state index < -0.39 is 0 Å². The molecule has 0 atom stereocenters. The molecule has 0 spiro atoms. The molecule has 0 aliphatic carbocycles. The van der Waals surface area contributed by atoms with Crippen LogP contribution in [0.1, 0.15) is 24.1 Å². The first-order chi connectivity index (χ1) is 15.7. The number of carbonyl (C=O) groups is 1. The van der Waals surface area contributed by atoms with Crippen LogP contribution >= 0.6 is 0 Å². The van der Waals surface area contributed by atoms with Gasteiger partial charge in [-0.1, -0.05) is 60.7 Å². The Labute approximate surface area is 188 Å². The highest BCUT2D eigenvalue weighted by Gasteiger charge is 2.26. The average Bonchev–Trinajstić information content (AvgIpc) is 2.84. The summed E-state index contributed by atoms with van der Waals surface area (Å²) in [4.78, 5) is 24.4. The highest BCUT2D eigenvalue weighted by atomic mass is 16.1. The zero-order valence-electron chi connectivity index (χ0n) is 18.4. The first-order valence-electron chi connectivity index (χ1n) is 11.4. The number of fused-ring (bicyclic) bond motifs is 2. The average molecular weight is 425 g/mol. The van der Waals surface area contributed by atoms with Crippen LogP contribution in [-0.2, 0) is 11.2 Å². The van der Waals surface area contributed by atoms with Crippen LogP contribution in [0.4, 0.5) is 5.95 Å². The number of benzene rings is 3. The number of para-hydroxylation sites is 1. The normalized spacial score (nSPS) is 14.7. The van der Waals surface area contributed by atoms with E-state index >= 15 is 0 Å². The van der Waals surface area contributed by atoms with Crippen molar-refractivity contribution in [2.24, 2.45) is 5.92 Å². The van der Waals surface area contributed by atoms with Crippen LogP contribution in [0.25, 0.3) is 21.7 Å². The van der Waals surface area contributed by atoms with Crippen molar-refractivity contribution >= 4 is 33.5 Å². The molecule has 1 N–H and O–H groups in total. The van der Waals surface area contributed by atoms with E-state index in [2.05, 4.69) is 58.7 Å². The van der Waals surface area contributed by atoms with Gasteiger partial charge < -0.3 is 10.2 Å². The lowest BCUT2D eigenvalue weighted by Crippen LogP contribution is -2.41. The molecule has 1 amide bonds. The van der Waals surface area contributed by atoms with Gasteiger partial charge in [0.15, 0.2) is 0 Å². The molecule has 5 rings (SSSR count). The quantitative estimate of drug-likeness (QED) is 0.506. The Morgan fingerprint density at radius 2 is 1.72 bits per heavy atom. The molecule has 1 aliphatic heterocycles. The first kappa shape index (κ1) is 20.4. The second-order valence-electron chi connectivity index (χ2n) is 8.61. The highest BCUT2D eigenvalue weighted by Crippen LogP contribution is 2.24. The predicted octanol–water partition coefficient (Wildman–Crippen LogP) is 4.67. The Morgan fingerprint density at radius 1 is 0.969 bits per heavy atom. The summed E-state index contributed by atoms with van der Waals surface area (Å²) < 4.78 is 0. The summed E-state index contributed by atoms with van der Waals surface area (Å²) in [5.74, 6) is 1.00. The van der Waals surface area contributed by atoms with Crippen molar-refractivity contribution in [2.75, 3.05) is 24.5 Å². The van der Waals surface area contributed by atoms with Gasteiger partial charge in [0.1, 0.15) is 0 Å². The number of amides is 1. The Hall–Kier alpha value is -3.47. The lowest BCUT2D eigenvalue weighted by atomic mass is 9.96. The van der Waals surface area contributed by atoms with Crippen molar-refractivity contribution in [3.63, 3.8) is 0 Å². The smallest absolute Gasteiger partial charge is 0.226 e. The largest absolute Gasteiger partial charge is 0.356 e. The van der Waals surface area contributed by atoms with E-state index in [1.807, 2.05) is 25.1 Å². The van der Waals surface area contributed by atoms with E-state index in [1.165, 1.54) is 16.3 Å². The summed E-state index contributed by atoms with van der Waals surface area (Å²) in [6, 6.07) is 23.0. The number of nitrogens with one attached hydrogen (secondary N) is 1. The number of hydrogen-bond acceptors (Lipinski definition) is 4. The molecular formula is C27H28N4O. The molecule has 32 heavy (non-hydrogen) atoms. The minimum Gasteiger partial charge on any atom is -0.356 e. The predicted molar refractivity (Wildman–Crippen MR) is 130 cm³/mol. The van der Waals surface area contributed by atoms with Gasteiger partial charge >= 0.3 is 0 Å². The third kappa shape index (κ3) is 4.28. The van der Waals surface area contributed by atoms with Gasteiger partial charge in [-0.3, -0.25) is 4.79 Å². The molecular weight excluding hydrogens is 396 g/mol. The summed E-state index contributed by atoms with van der Waals surface area (Å²) in [7, 11) is 0. The van der Waals surface area contributed by atoms with E-state index in [9.17, 15) is 4.79 Å². The maximum atomic E-state index is 12.7. The summed E-state index contributed by atoms with van der Waals surface area (Å²) >= 11 is 0. The SMILES string of the molecule is Cc1nc(N2CCC(C(=O)NCCc3ccc4ccccc4c3)CC2)nc2ccccc12. The van der Waals surface area contributed by atoms with Gasteiger partial charge in [-0.25, -0.2) is 9.97 Å². The third-order valence-electron chi connectivity index (χ3n) is 6.46. The number of piperidine rings is 1. The van der Waals surface area contributed by atoms with Gasteiger partial charge in [0.2, 0.25) is 11.9 Å². The van der Waals surface area contributed by atoms with Crippen molar-refractivity contribution in [1.29, 1.82) is 0 Å². The highest BCUT2D eigenvalue weighted by molar-refractivity contribution is 5.83. The van der Waals surface area contributed by atoms with Crippen molar-refractivity contribution in [2.45, 2.75) is 26.2 Å². The molecule has 5 heteroatoms. The molecule has 1 aromatic heterocycles. The molecule has 162 valence electrons. The van der Waals surface area contributed by atoms with E-state index in [4.69, 9.17) is 9.97 Å². The lowest BCUT2D eigenvalue weighted by molar-refractivity contribution is -0.125. The number of rotatable bonds is 5. The molecule has 0 radical (unpaired) electrons. The fraction of sp³-hybridized carbons (Fsp3) is 0.296. The molecule has 4 aromatic rings. The van der Waals surface area contributed by atoms with Gasteiger partial charge in [0, 0.05) is 30.9 Å². The number of aromatic nitrogens is 2. The van der Waals surface area contributed by atoms with Crippen LogP contribution in [0.5, 0.6) is 0 Å². The Balaban J connectivity index is 1.14. The van der Waals surface area contributed by atoms with Crippen molar-refractivity contribution in [1.82, 2.24) is 15.3 Å². The second-order valence-corrected chi connectivity index (χ2v) is 8.61. The molecule has 0 bridgehead atoms. The molecule has 0 unspecified atom stereocenters. The zero-order valence-corrected chi connectivity index (χ0v) is 18.4. The molecule has 1 fully saturated rings. The van der Waals surface area contributed by atoms with Crippen molar-refractivity contribution in [3.8, 4) is 0 Å². The van der Waals surface area contributed by atoms with Gasteiger partial charge in [-0.05, 0) is 48.6 Å². The molecule has 0 saturated carbocycles. The number of anilines is 1. The molecule has 1 saturated heterocycles. The second kappa shape index (κ2) is 8.95. The third-order valence-corrected chi connectivity index (χ3v) is 6.46. The molecule has 3 aromatic carbocycles. The molecule has 1 aliphatic rings. The van der Waals surface area contributed by atoms with Gasteiger partial charge in [-0.2, -0.15) is 0 Å². The van der Waals surface area contributed by atoms with E-state index in [1.54, 1.807) is 0 Å². The lowest BCUT2D eigenvalue weighted by Gasteiger charge is -2.31. The zero-order chi connectivity index (χ0) is 21.9. The fourth-order valence-corrected chi connectivity index (χ4v) is 4.57. The Kier molecular flexibility index (Phi) is 5.71. The summed E-state index contributed by atoms with van der Waals surface area (Å²) in [5.41, 5.74) is 3.23. The van der Waals surface area contributed by atoms with Crippen LogP contribution in [0.2, 0.25) is 0 Å². The maximum Gasteiger partial charge on any atom is 0.226 e. The number of hydrogen-bond donors (Lipinski definition) is 1. The summed E-state index contributed by atoms with van der Waals surface area (Å²) in [5, 5.41) is 6.74. The molecule has 2 heterocycles. The maximum absolute atomic E-state index is 12.7. The summed E-state index contributed by atoms with van der Waals surface area (Å²) in [6.07, 6.45) is 2.51. The van der Waals surface area contributed by atoms with Crippen molar-refractivity contribution in [3.05, 3.63) is 78.0 Å². The number of aryl methyl sites for hydroxylation is 1. The number of carbonyl (C=O) groups excluding carboxylic acids is 1. The van der Waals surface area contributed by atoms with Crippen LogP contribution in [-0.4, -0.2) is 35.5 Å². The van der Waals surface area contributed by atoms with Gasteiger partial charge in [0.25, 0.3) is 0 Å².